The van der Waals surface area contributed by atoms with Crippen molar-refractivity contribution in [1.82, 2.24) is 0 Å². The number of methoxy groups -OCH3 is 1. The van der Waals surface area contributed by atoms with Crippen LogP contribution in [0.1, 0.15) is 37.8 Å². The summed E-state index contributed by atoms with van der Waals surface area (Å²) in [5.41, 5.74) is 2.50. The lowest BCUT2D eigenvalue weighted by molar-refractivity contribution is 0.305. The number of ether oxygens (including phenoxy) is 2. The third kappa shape index (κ3) is 4.80. The minimum absolute atomic E-state index is 0.559. The van der Waals surface area contributed by atoms with E-state index in [1.807, 2.05) is 24.3 Å². The molecule has 0 atom stereocenters. The summed E-state index contributed by atoms with van der Waals surface area (Å²) in [6.45, 7) is 5.09. The van der Waals surface area contributed by atoms with Crippen molar-refractivity contribution in [3.8, 4) is 11.5 Å². The molecule has 0 aromatic heterocycles. The van der Waals surface area contributed by atoms with E-state index in [0.717, 1.165) is 29.4 Å². The van der Waals surface area contributed by atoms with Crippen molar-refractivity contribution in [3.63, 3.8) is 0 Å². The number of hydrogen-bond acceptors (Lipinski definition) is 2. The molecule has 0 heterocycles. The molecule has 0 aliphatic rings. The third-order valence-corrected chi connectivity index (χ3v) is 4.14. The monoisotopic (exact) mass is 298 g/mol. The maximum absolute atomic E-state index is 5.85. The van der Waals surface area contributed by atoms with Crippen molar-refractivity contribution in [2.24, 2.45) is 5.92 Å². The number of rotatable bonds is 8. The zero-order chi connectivity index (χ0) is 15.8. The molecule has 2 aromatic rings. The summed E-state index contributed by atoms with van der Waals surface area (Å²) in [4.78, 5) is 0. The summed E-state index contributed by atoms with van der Waals surface area (Å²) in [7, 11) is 1.68. The lowest BCUT2D eigenvalue weighted by Crippen LogP contribution is -2.01. The molecule has 0 aliphatic carbocycles. The van der Waals surface area contributed by atoms with E-state index in [4.69, 9.17) is 9.47 Å². The van der Waals surface area contributed by atoms with E-state index in [0.29, 0.717) is 6.61 Å². The van der Waals surface area contributed by atoms with Crippen LogP contribution >= 0.6 is 0 Å². The van der Waals surface area contributed by atoms with Crippen molar-refractivity contribution in [3.05, 3.63) is 59.7 Å². The smallest absolute Gasteiger partial charge is 0.119 e. The van der Waals surface area contributed by atoms with Gasteiger partial charge in [-0.05, 0) is 47.7 Å². The second-order valence-corrected chi connectivity index (χ2v) is 5.67. The summed E-state index contributed by atoms with van der Waals surface area (Å²) in [6.07, 6.45) is 3.64. The van der Waals surface area contributed by atoms with E-state index in [9.17, 15) is 0 Å². The quantitative estimate of drug-likeness (QED) is 0.662. The Kier molecular flexibility index (Phi) is 6.32. The average molecular weight is 298 g/mol. The van der Waals surface area contributed by atoms with Gasteiger partial charge in [-0.1, -0.05) is 51.0 Å². The molecule has 0 unspecified atom stereocenters. The van der Waals surface area contributed by atoms with E-state index in [1.54, 1.807) is 7.11 Å². The van der Waals surface area contributed by atoms with Crippen molar-refractivity contribution in [2.45, 2.75) is 39.7 Å². The fourth-order valence-corrected chi connectivity index (χ4v) is 2.56. The van der Waals surface area contributed by atoms with Gasteiger partial charge in [0.15, 0.2) is 0 Å². The van der Waals surface area contributed by atoms with E-state index >= 15 is 0 Å². The predicted molar refractivity (Wildman–Crippen MR) is 91.5 cm³/mol. The zero-order valence-corrected chi connectivity index (χ0v) is 13.8. The molecule has 0 N–H and O–H groups in total. The summed E-state index contributed by atoms with van der Waals surface area (Å²) in [5, 5.41) is 0. The Morgan fingerprint density at radius 1 is 0.864 bits per heavy atom. The average Bonchev–Trinajstić information content (AvgIpc) is 2.59. The van der Waals surface area contributed by atoms with Gasteiger partial charge in [0.2, 0.25) is 0 Å². The highest BCUT2D eigenvalue weighted by molar-refractivity contribution is 5.30. The third-order valence-electron chi connectivity index (χ3n) is 4.14. The first-order valence-corrected chi connectivity index (χ1v) is 8.09. The SMILES string of the molecule is CCC(CC)Cc1ccc(OCc2cccc(OC)c2)cc1. The Labute approximate surface area is 134 Å². The van der Waals surface area contributed by atoms with E-state index < -0.39 is 0 Å². The molecule has 0 amide bonds. The standard InChI is InChI=1S/C20H26O2/c1-4-16(5-2)13-17-9-11-19(12-10-17)22-15-18-7-6-8-20(14-18)21-3/h6-12,14,16H,4-5,13,15H2,1-3H3. The minimum atomic E-state index is 0.559. The van der Waals surface area contributed by atoms with Crippen LogP contribution in [0.5, 0.6) is 11.5 Å². The first-order valence-electron chi connectivity index (χ1n) is 8.09. The molecule has 2 nitrogen and oxygen atoms in total. The van der Waals surface area contributed by atoms with Gasteiger partial charge in [-0.3, -0.25) is 0 Å². The Morgan fingerprint density at radius 2 is 1.59 bits per heavy atom. The Morgan fingerprint density at radius 3 is 2.23 bits per heavy atom. The molecule has 0 aliphatic heterocycles. The van der Waals surface area contributed by atoms with Crippen LogP contribution in [0, 0.1) is 5.92 Å². The van der Waals surface area contributed by atoms with Crippen LogP contribution in [0.2, 0.25) is 0 Å². The highest BCUT2D eigenvalue weighted by Crippen LogP contribution is 2.20. The van der Waals surface area contributed by atoms with Crippen LogP contribution < -0.4 is 9.47 Å². The summed E-state index contributed by atoms with van der Waals surface area (Å²) in [6, 6.07) is 16.5. The first kappa shape index (κ1) is 16.4. The first-order chi connectivity index (χ1) is 10.7. The maximum atomic E-state index is 5.85. The van der Waals surface area contributed by atoms with Crippen molar-refractivity contribution in [1.29, 1.82) is 0 Å². The van der Waals surface area contributed by atoms with Gasteiger partial charge in [0.1, 0.15) is 18.1 Å². The largest absolute Gasteiger partial charge is 0.497 e. The highest BCUT2D eigenvalue weighted by Gasteiger charge is 2.05. The van der Waals surface area contributed by atoms with Crippen molar-refractivity contribution < 1.29 is 9.47 Å². The van der Waals surface area contributed by atoms with Crippen LogP contribution in [-0.4, -0.2) is 7.11 Å². The van der Waals surface area contributed by atoms with Crippen LogP contribution in [0.25, 0.3) is 0 Å². The molecule has 0 saturated heterocycles. The predicted octanol–water partition coefficient (Wildman–Crippen LogP) is 5.25. The van der Waals surface area contributed by atoms with E-state index in [1.165, 1.54) is 18.4 Å². The van der Waals surface area contributed by atoms with Crippen LogP contribution in [0.15, 0.2) is 48.5 Å². The molecule has 2 aromatic carbocycles. The van der Waals surface area contributed by atoms with E-state index in [2.05, 4.69) is 38.1 Å². The van der Waals surface area contributed by atoms with Crippen LogP contribution in [-0.2, 0) is 13.0 Å². The van der Waals surface area contributed by atoms with Gasteiger partial charge in [0.05, 0.1) is 7.11 Å². The van der Waals surface area contributed by atoms with Gasteiger partial charge >= 0.3 is 0 Å². The van der Waals surface area contributed by atoms with Gasteiger partial charge in [-0.25, -0.2) is 0 Å². The van der Waals surface area contributed by atoms with Gasteiger partial charge in [-0.15, -0.1) is 0 Å². The lowest BCUT2D eigenvalue weighted by atomic mass is 9.95. The molecular weight excluding hydrogens is 272 g/mol. The van der Waals surface area contributed by atoms with E-state index in [-0.39, 0.29) is 0 Å². The van der Waals surface area contributed by atoms with Crippen LogP contribution in [0.4, 0.5) is 0 Å². The van der Waals surface area contributed by atoms with Crippen molar-refractivity contribution in [2.75, 3.05) is 7.11 Å². The van der Waals surface area contributed by atoms with Gasteiger partial charge < -0.3 is 9.47 Å². The second kappa shape index (κ2) is 8.47. The fourth-order valence-electron chi connectivity index (χ4n) is 2.56. The summed E-state index contributed by atoms with van der Waals surface area (Å²) in [5.74, 6) is 2.56. The van der Waals surface area contributed by atoms with Crippen molar-refractivity contribution >= 4 is 0 Å². The normalized spacial score (nSPS) is 10.7. The molecule has 118 valence electrons. The summed E-state index contributed by atoms with van der Waals surface area (Å²) >= 11 is 0. The maximum Gasteiger partial charge on any atom is 0.119 e. The molecule has 0 saturated carbocycles. The Hall–Kier alpha value is -1.96. The molecular formula is C20H26O2. The molecule has 0 radical (unpaired) electrons. The Bertz CT molecular complexity index is 556. The minimum Gasteiger partial charge on any atom is -0.497 e. The second-order valence-electron chi connectivity index (χ2n) is 5.67. The zero-order valence-electron chi connectivity index (χ0n) is 13.8. The molecule has 2 heteroatoms. The summed E-state index contributed by atoms with van der Waals surface area (Å²) < 4.78 is 11.1. The lowest BCUT2D eigenvalue weighted by Gasteiger charge is -2.13. The molecule has 0 bridgehead atoms. The van der Waals surface area contributed by atoms with Gasteiger partial charge in [-0.2, -0.15) is 0 Å². The molecule has 0 spiro atoms. The molecule has 2 rings (SSSR count). The van der Waals surface area contributed by atoms with Crippen LogP contribution in [0.3, 0.4) is 0 Å². The molecule has 22 heavy (non-hydrogen) atoms. The van der Waals surface area contributed by atoms with Gasteiger partial charge in [0.25, 0.3) is 0 Å². The fraction of sp³-hybridized carbons (Fsp3) is 0.400. The number of hydrogen-bond donors (Lipinski definition) is 0. The topological polar surface area (TPSA) is 18.5 Å². The highest BCUT2D eigenvalue weighted by atomic mass is 16.5. The molecule has 0 fully saturated rings. The Balaban J connectivity index is 1.90. The number of benzene rings is 2. The van der Waals surface area contributed by atoms with Gasteiger partial charge in [0, 0.05) is 0 Å².